The Kier molecular flexibility index (Phi) is 18.5. The van der Waals surface area contributed by atoms with Gasteiger partial charge in [0.2, 0.25) is 0 Å². The van der Waals surface area contributed by atoms with Crippen molar-refractivity contribution in [1.29, 1.82) is 0 Å². The maximum absolute atomic E-state index is 8.99. The zero-order valence-corrected chi connectivity index (χ0v) is 30.8. The van der Waals surface area contributed by atoms with Gasteiger partial charge in [0.25, 0.3) is 0 Å². The Morgan fingerprint density at radius 1 is 0.480 bits per heavy atom. The summed E-state index contributed by atoms with van der Waals surface area (Å²) < 4.78 is 0. The summed E-state index contributed by atoms with van der Waals surface area (Å²) in [6.45, 7) is 13.2. The smallest absolute Gasteiger partial charge is 0.0582 e. The number of hydrogen-bond acceptors (Lipinski definition) is 13. The van der Waals surface area contributed by atoms with Crippen LogP contribution in [0.1, 0.15) is 22.8 Å². The molecular weight excluding hydrogens is 826 g/mol. The third kappa shape index (κ3) is 13.4. The Hall–Kier alpha value is -2.82. The van der Waals surface area contributed by atoms with Gasteiger partial charge in [0, 0.05) is 96.3 Å². The van der Waals surface area contributed by atoms with Gasteiger partial charge in [0.15, 0.2) is 0 Å². The van der Waals surface area contributed by atoms with Gasteiger partial charge in [-0.3, -0.25) is 9.97 Å². The van der Waals surface area contributed by atoms with E-state index in [1.54, 1.807) is 0 Å². The van der Waals surface area contributed by atoms with Crippen LogP contribution >= 0.6 is 0 Å². The minimum absolute atomic E-state index is 0. The molecule has 15 heteroatoms. The molecule has 50 heavy (non-hydrogen) atoms. The van der Waals surface area contributed by atoms with Gasteiger partial charge < -0.3 is 54.7 Å². The fourth-order valence-electron chi connectivity index (χ4n) is 5.53. The third-order valence-corrected chi connectivity index (χ3v) is 7.79. The summed E-state index contributed by atoms with van der Waals surface area (Å²) in [4.78, 5) is 23.5. The van der Waals surface area contributed by atoms with Crippen LogP contribution in [0.3, 0.4) is 0 Å². The van der Waals surface area contributed by atoms with Gasteiger partial charge in [0.1, 0.15) is 0 Å². The molecule has 2 aromatic heterocycles. The van der Waals surface area contributed by atoms with Crippen LogP contribution in [0, 0.1) is 32.5 Å². The van der Waals surface area contributed by atoms with Gasteiger partial charge in [0.05, 0.1) is 43.5 Å². The molecule has 6 rings (SSSR count). The van der Waals surface area contributed by atoms with Crippen LogP contribution in [-0.2, 0) is 70.8 Å². The molecule has 282 valence electrons. The molecule has 0 saturated carbocycles. The van der Waals surface area contributed by atoms with Crippen LogP contribution in [0.2, 0.25) is 0 Å². The van der Waals surface area contributed by atoms with Gasteiger partial charge in [-0.15, -0.1) is 5.92 Å². The van der Waals surface area contributed by atoms with Crippen LogP contribution < -0.4 is 0 Å². The maximum Gasteiger partial charge on any atom is 0.0582 e. The molecular formula is C35H47Ag2N9O4-4. The van der Waals surface area contributed by atoms with E-state index in [-0.39, 0.29) is 71.2 Å². The first-order chi connectivity index (χ1) is 23.5. The van der Waals surface area contributed by atoms with Crippen molar-refractivity contribution in [2.24, 2.45) is 5.92 Å². The fraction of sp³-hybridized carbons (Fsp3) is 0.371. The molecule has 6 heterocycles. The molecule has 1 unspecified atom stereocenters. The second kappa shape index (κ2) is 22.2. The van der Waals surface area contributed by atoms with E-state index < -0.39 is 0 Å². The summed E-state index contributed by atoms with van der Waals surface area (Å²) >= 11 is 0. The molecule has 1 atom stereocenters. The average molecular weight is 874 g/mol. The van der Waals surface area contributed by atoms with Crippen molar-refractivity contribution in [1.82, 2.24) is 44.3 Å². The van der Waals surface area contributed by atoms with Crippen molar-refractivity contribution in [3.8, 4) is 0 Å². The van der Waals surface area contributed by atoms with Crippen molar-refractivity contribution in [3.05, 3.63) is 135 Å². The molecule has 2 aromatic rings. The summed E-state index contributed by atoms with van der Waals surface area (Å²) in [5.41, 5.74) is 4.08. The minimum Gasteiger partial charge on any atom is -0.526 e. The monoisotopic (exact) mass is 871 g/mol. The Bertz CT molecular complexity index is 1200. The standard InChI is InChI=1S/C18H24N4O2.C17H23N5O2.2Ag/c23-10-8-20-5-4-16(13-20)12-17-2-1-3-18(19-17)14-22-7-6-21(15-22)9-11-24;23-10-8-19-4-6-21(14-19)12-16-2-1-3-17(18-16)13-22-7-5-20(15-22)9-11-24;;/h1-7,13,15-16,23-24H,8-12,14H2;1-7,14-15,23-24H,8-13H2;;/q2*-2;;. The van der Waals surface area contributed by atoms with E-state index in [1.807, 2.05) is 123 Å². The number of aromatic nitrogens is 2. The fourth-order valence-corrected chi connectivity index (χ4v) is 5.53. The molecule has 13 nitrogen and oxygen atoms in total. The van der Waals surface area contributed by atoms with Gasteiger partial charge in [-0.05, 0) is 74.1 Å². The zero-order chi connectivity index (χ0) is 33.6. The molecule has 0 saturated heterocycles. The summed E-state index contributed by atoms with van der Waals surface area (Å²) in [6.07, 6.45) is 16.8. The van der Waals surface area contributed by atoms with Crippen molar-refractivity contribution in [2.75, 3.05) is 52.6 Å². The topological polar surface area (TPSA) is 129 Å². The van der Waals surface area contributed by atoms with Crippen molar-refractivity contribution in [2.45, 2.75) is 26.1 Å². The van der Waals surface area contributed by atoms with E-state index >= 15 is 0 Å². The normalized spacial score (nSPS) is 17.5. The van der Waals surface area contributed by atoms with Gasteiger partial charge in [-0.25, -0.2) is 6.54 Å². The summed E-state index contributed by atoms with van der Waals surface area (Å²) in [6, 6.07) is 12.2. The number of rotatable bonds is 16. The van der Waals surface area contributed by atoms with Crippen LogP contribution in [-0.4, -0.2) is 117 Å². The molecule has 0 spiro atoms. The summed E-state index contributed by atoms with van der Waals surface area (Å²) in [5.74, 6) is 0.331. The molecule has 4 aliphatic heterocycles. The largest absolute Gasteiger partial charge is 0.526 e. The Labute approximate surface area is 327 Å². The number of aliphatic hydroxyl groups is 4. The number of nitrogens with zero attached hydrogens (tertiary/aromatic N) is 9. The SMILES string of the molecule is OCCN1C=CC(Cc2cccc(CN3C=CN(CCO)[CH-]3)n2)[CH-]1.OCCN1C=CN(Cc2cccc(CN3C=CN(CCO)[CH-]3)n2)[CH-]1.[Ag].[Ag]. The van der Waals surface area contributed by atoms with Crippen molar-refractivity contribution in [3.63, 3.8) is 0 Å². The molecule has 2 radical (unpaired) electrons. The number of aliphatic hydroxyl groups excluding tert-OH is 4. The van der Waals surface area contributed by atoms with E-state index in [0.717, 1.165) is 29.2 Å². The molecule has 4 aliphatic rings. The Morgan fingerprint density at radius 2 is 0.840 bits per heavy atom. The number of β-amino-alcohol motifs (C(OH)–C–C–N with tert-alkyl or cyclic N) is 4. The average Bonchev–Trinajstić information content (AvgIpc) is 3.90. The molecule has 0 amide bonds. The number of hydrogen-bond donors (Lipinski definition) is 4. The number of pyridine rings is 2. The summed E-state index contributed by atoms with van der Waals surface area (Å²) in [5, 5.41) is 35.9. The third-order valence-electron chi connectivity index (χ3n) is 7.79. The molecule has 0 aromatic carbocycles. The van der Waals surface area contributed by atoms with Crippen LogP contribution in [0.15, 0.2) is 85.9 Å². The van der Waals surface area contributed by atoms with E-state index in [4.69, 9.17) is 30.4 Å². The molecule has 0 bridgehead atoms. The Morgan fingerprint density at radius 3 is 1.26 bits per heavy atom. The van der Waals surface area contributed by atoms with E-state index in [2.05, 4.69) is 23.6 Å². The molecule has 4 N–H and O–H groups in total. The first-order valence-corrected chi connectivity index (χ1v) is 16.3. The van der Waals surface area contributed by atoms with Gasteiger partial charge in [-0.2, -0.15) is 20.0 Å². The van der Waals surface area contributed by atoms with E-state index in [9.17, 15) is 0 Å². The van der Waals surface area contributed by atoms with Crippen LogP contribution in [0.5, 0.6) is 0 Å². The second-order valence-electron chi connectivity index (χ2n) is 11.7. The van der Waals surface area contributed by atoms with Crippen molar-refractivity contribution < 1.29 is 65.2 Å². The predicted octanol–water partition coefficient (Wildman–Crippen LogP) is 1.40. The first kappa shape index (κ1) is 41.6. The predicted molar refractivity (Wildman–Crippen MR) is 181 cm³/mol. The summed E-state index contributed by atoms with van der Waals surface area (Å²) in [7, 11) is 0. The molecule has 0 aliphatic carbocycles. The second-order valence-corrected chi connectivity index (χ2v) is 11.7. The van der Waals surface area contributed by atoms with E-state index in [0.29, 0.717) is 51.7 Å². The maximum atomic E-state index is 8.99. The van der Waals surface area contributed by atoms with Crippen LogP contribution in [0.25, 0.3) is 0 Å². The first-order valence-electron chi connectivity index (χ1n) is 16.3. The quantitative estimate of drug-likeness (QED) is 0.144. The molecule has 0 fully saturated rings. The van der Waals surface area contributed by atoms with Gasteiger partial charge in [-0.1, -0.05) is 18.2 Å². The van der Waals surface area contributed by atoms with E-state index in [1.165, 1.54) is 0 Å². The van der Waals surface area contributed by atoms with Crippen molar-refractivity contribution >= 4 is 0 Å². The van der Waals surface area contributed by atoms with Gasteiger partial charge >= 0.3 is 0 Å². The zero-order valence-electron chi connectivity index (χ0n) is 27.9. The minimum atomic E-state index is 0. The van der Waals surface area contributed by atoms with Crippen LogP contribution in [0.4, 0.5) is 0 Å². The Balaban J connectivity index is 0.000000260.